The topological polar surface area (TPSA) is 0 Å². The summed E-state index contributed by atoms with van der Waals surface area (Å²) >= 11 is 4.00. The molecular formula is C27H36S2. The second kappa shape index (κ2) is 10.3. The summed E-state index contributed by atoms with van der Waals surface area (Å²) in [7, 11) is 0. The minimum absolute atomic E-state index is 0.977. The molecule has 1 saturated carbocycles. The van der Waals surface area contributed by atoms with E-state index in [0.29, 0.717) is 0 Å². The first-order valence-corrected chi connectivity index (χ1v) is 13.5. The lowest BCUT2D eigenvalue weighted by Gasteiger charge is -2.28. The third kappa shape index (κ3) is 5.52. The number of rotatable bonds is 9. The van der Waals surface area contributed by atoms with Crippen LogP contribution in [0.4, 0.5) is 0 Å². The summed E-state index contributed by atoms with van der Waals surface area (Å²) in [5, 5.41) is 0. The van der Waals surface area contributed by atoms with Crippen LogP contribution in [0.2, 0.25) is 0 Å². The van der Waals surface area contributed by atoms with Gasteiger partial charge in [-0.15, -0.1) is 22.7 Å². The second-order valence-electron chi connectivity index (χ2n) is 9.07. The maximum Gasteiger partial charge on any atom is 0.0460 e. The molecule has 2 aromatic heterocycles. The molecule has 2 heterocycles. The highest BCUT2D eigenvalue weighted by molar-refractivity contribution is 7.29. The average molecular weight is 425 g/mol. The molecule has 1 aliphatic rings. The fourth-order valence-electron chi connectivity index (χ4n) is 4.92. The Morgan fingerprint density at radius 2 is 1.45 bits per heavy atom. The third-order valence-corrected chi connectivity index (χ3v) is 9.17. The Morgan fingerprint density at radius 3 is 2.10 bits per heavy atom. The fraction of sp³-hybridized carbons (Fsp3) is 0.556. The lowest BCUT2D eigenvalue weighted by atomic mass is 9.78. The predicted molar refractivity (Wildman–Crippen MR) is 132 cm³/mol. The van der Waals surface area contributed by atoms with Crippen molar-refractivity contribution in [2.45, 2.75) is 84.5 Å². The van der Waals surface area contributed by atoms with Crippen LogP contribution in [-0.4, -0.2) is 0 Å². The van der Waals surface area contributed by atoms with Crippen LogP contribution >= 0.6 is 22.7 Å². The first-order chi connectivity index (χ1) is 14.2. The lowest BCUT2D eigenvalue weighted by molar-refractivity contribution is 0.250. The molecule has 0 bridgehead atoms. The highest BCUT2D eigenvalue weighted by Gasteiger charge is 2.21. The second-order valence-corrected chi connectivity index (χ2v) is 11.3. The standard InChI is InChI=1S/C27H36S2/c1-3-5-7-21-8-10-22(11-9-21)14-17-24-18-26-27(28-24)19-25(29-26)23-15-12-20(6-4-2)13-16-23/h12-13,15-16,18-19,21-22H,3-11,14,17H2,1-2H3. The summed E-state index contributed by atoms with van der Waals surface area (Å²) in [6.45, 7) is 4.57. The van der Waals surface area contributed by atoms with E-state index in [1.165, 1.54) is 96.0 Å². The van der Waals surface area contributed by atoms with Gasteiger partial charge in [-0.25, -0.2) is 0 Å². The van der Waals surface area contributed by atoms with E-state index in [9.17, 15) is 0 Å². The van der Waals surface area contributed by atoms with Gasteiger partial charge in [0.05, 0.1) is 0 Å². The summed E-state index contributed by atoms with van der Waals surface area (Å²) in [4.78, 5) is 3.02. The van der Waals surface area contributed by atoms with Crippen LogP contribution < -0.4 is 0 Å². The van der Waals surface area contributed by atoms with E-state index in [0.717, 1.165) is 11.8 Å². The van der Waals surface area contributed by atoms with Gasteiger partial charge in [-0.1, -0.05) is 89.5 Å². The maximum absolute atomic E-state index is 2.48. The van der Waals surface area contributed by atoms with Crippen LogP contribution in [0, 0.1) is 11.8 Å². The van der Waals surface area contributed by atoms with Crippen LogP contribution in [0.3, 0.4) is 0 Å². The summed E-state index contributed by atoms with van der Waals surface area (Å²) < 4.78 is 2.97. The predicted octanol–water partition coefficient (Wildman–Crippen LogP) is 9.51. The normalized spacial score (nSPS) is 19.8. The molecule has 29 heavy (non-hydrogen) atoms. The quantitative estimate of drug-likeness (QED) is 0.321. The summed E-state index contributed by atoms with van der Waals surface area (Å²) in [6.07, 6.45) is 15.3. The van der Waals surface area contributed by atoms with Crippen molar-refractivity contribution < 1.29 is 0 Å². The zero-order valence-electron chi connectivity index (χ0n) is 18.2. The lowest BCUT2D eigenvalue weighted by Crippen LogP contribution is -2.15. The SMILES string of the molecule is CCCCC1CCC(CCc2cc3sc(-c4ccc(CCC)cc4)cc3s2)CC1. The number of thiophene rings is 2. The number of aryl methyl sites for hydroxylation is 2. The number of unbranched alkanes of at least 4 members (excludes halogenated alkanes) is 1. The third-order valence-electron chi connectivity index (χ3n) is 6.77. The summed E-state index contributed by atoms with van der Waals surface area (Å²) in [5.74, 6) is 2.01. The Morgan fingerprint density at radius 1 is 0.759 bits per heavy atom. The van der Waals surface area contributed by atoms with Gasteiger partial charge in [-0.2, -0.15) is 0 Å². The first-order valence-electron chi connectivity index (χ1n) is 11.9. The van der Waals surface area contributed by atoms with Crippen molar-refractivity contribution in [1.29, 1.82) is 0 Å². The average Bonchev–Trinajstić information content (AvgIpc) is 3.31. The minimum Gasteiger partial charge on any atom is -0.139 e. The molecule has 0 spiro atoms. The molecule has 2 heteroatoms. The van der Waals surface area contributed by atoms with Gasteiger partial charge < -0.3 is 0 Å². The number of fused-ring (bicyclic) bond motifs is 1. The number of benzene rings is 1. The molecular weight excluding hydrogens is 388 g/mol. The molecule has 4 rings (SSSR count). The molecule has 156 valence electrons. The zero-order chi connectivity index (χ0) is 20.1. The van der Waals surface area contributed by atoms with E-state index in [4.69, 9.17) is 0 Å². The number of hydrogen-bond donors (Lipinski definition) is 0. The maximum atomic E-state index is 2.48. The molecule has 0 nitrogen and oxygen atoms in total. The Balaban J connectivity index is 1.31. The molecule has 0 aliphatic heterocycles. The minimum atomic E-state index is 0.977. The van der Waals surface area contributed by atoms with E-state index in [2.05, 4.69) is 50.2 Å². The molecule has 1 aliphatic carbocycles. The zero-order valence-corrected chi connectivity index (χ0v) is 19.8. The summed E-state index contributed by atoms with van der Waals surface area (Å²) in [5.41, 5.74) is 2.83. The van der Waals surface area contributed by atoms with E-state index < -0.39 is 0 Å². The molecule has 0 saturated heterocycles. The molecule has 0 atom stereocenters. The molecule has 1 fully saturated rings. The van der Waals surface area contributed by atoms with Gasteiger partial charge in [0, 0.05) is 19.2 Å². The first kappa shape index (κ1) is 21.1. The van der Waals surface area contributed by atoms with Crippen LogP contribution in [0.15, 0.2) is 36.4 Å². The van der Waals surface area contributed by atoms with E-state index in [-0.39, 0.29) is 0 Å². The van der Waals surface area contributed by atoms with Crippen LogP contribution in [-0.2, 0) is 12.8 Å². The highest BCUT2D eigenvalue weighted by Crippen LogP contribution is 2.40. The van der Waals surface area contributed by atoms with Crippen molar-refractivity contribution in [3.63, 3.8) is 0 Å². The Hall–Kier alpha value is -1.12. The molecule has 0 N–H and O–H groups in total. The van der Waals surface area contributed by atoms with Gasteiger partial charge in [0.25, 0.3) is 0 Å². The summed E-state index contributed by atoms with van der Waals surface area (Å²) in [6, 6.07) is 14.1. The van der Waals surface area contributed by atoms with Gasteiger partial charge in [0.1, 0.15) is 0 Å². The van der Waals surface area contributed by atoms with Crippen molar-refractivity contribution in [3.8, 4) is 10.4 Å². The van der Waals surface area contributed by atoms with Crippen molar-refractivity contribution in [2.75, 3.05) is 0 Å². The van der Waals surface area contributed by atoms with Crippen molar-refractivity contribution in [3.05, 3.63) is 46.8 Å². The van der Waals surface area contributed by atoms with Gasteiger partial charge in [-0.3, -0.25) is 0 Å². The van der Waals surface area contributed by atoms with E-state index in [1.54, 1.807) is 4.88 Å². The molecule has 1 aromatic carbocycles. The number of hydrogen-bond acceptors (Lipinski definition) is 2. The van der Waals surface area contributed by atoms with Crippen molar-refractivity contribution in [1.82, 2.24) is 0 Å². The molecule has 0 amide bonds. The van der Waals surface area contributed by atoms with Crippen molar-refractivity contribution in [2.24, 2.45) is 11.8 Å². The van der Waals surface area contributed by atoms with Crippen LogP contribution in [0.1, 0.15) is 82.1 Å². The fourth-order valence-corrected chi connectivity index (χ4v) is 7.37. The Bertz CT molecular complexity index is 844. The Kier molecular flexibility index (Phi) is 7.48. The van der Waals surface area contributed by atoms with Gasteiger partial charge in [0.2, 0.25) is 0 Å². The van der Waals surface area contributed by atoms with E-state index in [1.807, 2.05) is 22.7 Å². The monoisotopic (exact) mass is 424 g/mol. The van der Waals surface area contributed by atoms with E-state index >= 15 is 0 Å². The molecule has 0 unspecified atom stereocenters. The van der Waals surface area contributed by atoms with Gasteiger partial charge in [-0.05, 0) is 54.4 Å². The highest BCUT2D eigenvalue weighted by atomic mass is 32.1. The van der Waals surface area contributed by atoms with Crippen molar-refractivity contribution >= 4 is 32.1 Å². The van der Waals surface area contributed by atoms with Crippen LogP contribution in [0.25, 0.3) is 19.8 Å². The van der Waals surface area contributed by atoms with Crippen LogP contribution in [0.5, 0.6) is 0 Å². The largest absolute Gasteiger partial charge is 0.139 e. The Labute approximate surface area is 185 Å². The smallest absolute Gasteiger partial charge is 0.0460 e. The van der Waals surface area contributed by atoms with Gasteiger partial charge >= 0.3 is 0 Å². The molecule has 3 aromatic rings. The molecule has 0 radical (unpaired) electrons. The van der Waals surface area contributed by atoms with Gasteiger partial charge in [0.15, 0.2) is 0 Å².